The lowest BCUT2D eigenvalue weighted by Crippen LogP contribution is -2.36. The van der Waals surface area contributed by atoms with Crippen molar-refractivity contribution in [1.29, 1.82) is 0 Å². The van der Waals surface area contributed by atoms with E-state index in [1.54, 1.807) is 18.2 Å². The fourth-order valence-corrected chi connectivity index (χ4v) is 4.20. The van der Waals surface area contributed by atoms with Gasteiger partial charge in [0.25, 0.3) is 5.91 Å². The second-order valence-electron chi connectivity index (χ2n) is 7.50. The summed E-state index contributed by atoms with van der Waals surface area (Å²) in [7, 11) is -4.19. The molecule has 0 aliphatic heterocycles. The Morgan fingerprint density at radius 2 is 1.82 bits per heavy atom. The van der Waals surface area contributed by atoms with Crippen LogP contribution < -0.4 is 9.50 Å². The Labute approximate surface area is 197 Å². The van der Waals surface area contributed by atoms with Gasteiger partial charge in [-0.25, -0.2) is 0 Å². The summed E-state index contributed by atoms with van der Waals surface area (Å²) in [6.07, 6.45) is 1.41. The molecule has 10 heteroatoms. The lowest BCUT2D eigenvalue weighted by Gasteiger charge is -2.27. The van der Waals surface area contributed by atoms with E-state index < -0.39 is 10.1 Å². The second kappa shape index (κ2) is 10.1. The van der Waals surface area contributed by atoms with Crippen LogP contribution in [0.2, 0.25) is 5.02 Å². The van der Waals surface area contributed by atoms with Gasteiger partial charge in [-0.2, -0.15) is 8.42 Å². The standard InChI is InChI=1S/C23H23ClN2O6S/c1-15(2)26(23(28)22-5-4-12-31-22)14-17-13-18(24)6-11-21(17)32-33(29,30)20-9-7-19(8-10-20)25-16(3)27/h4-13,15H,14H2,1-3H3,(H,25,27). The Morgan fingerprint density at radius 1 is 1.12 bits per heavy atom. The Morgan fingerprint density at radius 3 is 2.39 bits per heavy atom. The van der Waals surface area contributed by atoms with E-state index in [2.05, 4.69) is 5.32 Å². The average Bonchev–Trinajstić information content (AvgIpc) is 3.28. The zero-order chi connectivity index (χ0) is 24.2. The van der Waals surface area contributed by atoms with Crippen molar-refractivity contribution in [2.24, 2.45) is 0 Å². The molecule has 1 aromatic heterocycles. The van der Waals surface area contributed by atoms with E-state index in [9.17, 15) is 18.0 Å². The molecule has 3 rings (SSSR count). The first-order valence-corrected chi connectivity index (χ1v) is 11.8. The Hall–Kier alpha value is -3.30. The molecular formula is C23H23ClN2O6S. The number of hydrogen-bond donors (Lipinski definition) is 1. The summed E-state index contributed by atoms with van der Waals surface area (Å²) in [5.41, 5.74) is 0.868. The van der Waals surface area contributed by atoms with Gasteiger partial charge in [0.2, 0.25) is 5.91 Å². The van der Waals surface area contributed by atoms with Gasteiger partial charge in [-0.3, -0.25) is 9.59 Å². The van der Waals surface area contributed by atoms with Gasteiger partial charge in [0.05, 0.1) is 12.8 Å². The average molecular weight is 491 g/mol. The van der Waals surface area contributed by atoms with Crippen molar-refractivity contribution >= 4 is 39.2 Å². The van der Waals surface area contributed by atoms with Gasteiger partial charge in [0.1, 0.15) is 10.6 Å². The predicted molar refractivity (Wildman–Crippen MR) is 124 cm³/mol. The summed E-state index contributed by atoms with van der Waals surface area (Å²) in [5, 5.41) is 2.93. The molecule has 1 N–H and O–H groups in total. The molecule has 0 atom stereocenters. The van der Waals surface area contributed by atoms with Gasteiger partial charge >= 0.3 is 10.1 Å². The van der Waals surface area contributed by atoms with Crippen LogP contribution in [-0.4, -0.2) is 31.2 Å². The Kier molecular flexibility index (Phi) is 7.45. The third kappa shape index (κ3) is 6.15. The lowest BCUT2D eigenvalue weighted by molar-refractivity contribution is -0.114. The van der Waals surface area contributed by atoms with Crippen molar-refractivity contribution < 1.29 is 26.6 Å². The molecule has 0 radical (unpaired) electrons. The molecule has 2 aromatic carbocycles. The van der Waals surface area contributed by atoms with Gasteiger partial charge < -0.3 is 18.8 Å². The fraction of sp³-hybridized carbons (Fsp3) is 0.217. The first-order chi connectivity index (χ1) is 15.6. The Bertz CT molecular complexity index is 1240. The molecule has 3 aromatic rings. The molecule has 0 spiro atoms. The maximum absolute atomic E-state index is 12.9. The van der Waals surface area contributed by atoms with Crippen LogP contribution in [0.15, 0.2) is 70.2 Å². The molecule has 8 nitrogen and oxygen atoms in total. The summed E-state index contributed by atoms with van der Waals surface area (Å²) in [6, 6.07) is 13.0. The number of furan rings is 1. The molecule has 174 valence electrons. The fourth-order valence-electron chi connectivity index (χ4n) is 3.04. The first kappa shape index (κ1) is 24.3. The van der Waals surface area contributed by atoms with Crippen molar-refractivity contribution in [3.8, 4) is 5.75 Å². The second-order valence-corrected chi connectivity index (χ2v) is 9.48. The topological polar surface area (TPSA) is 106 Å². The minimum absolute atomic E-state index is 0.0447. The number of anilines is 1. The predicted octanol–water partition coefficient (Wildman–Crippen LogP) is 4.71. The minimum atomic E-state index is -4.19. The van der Waals surface area contributed by atoms with E-state index in [0.717, 1.165) is 0 Å². The van der Waals surface area contributed by atoms with Crippen LogP contribution in [-0.2, 0) is 21.5 Å². The lowest BCUT2D eigenvalue weighted by atomic mass is 10.1. The summed E-state index contributed by atoms with van der Waals surface area (Å²) in [5.74, 6) is -0.410. The highest BCUT2D eigenvalue weighted by molar-refractivity contribution is 7.87. The van der Waals surface area contributed by atoms with Crippen LogP contribution in [0.4, 0.5) is 5.69 Å². The smallest absolute Gasteiger partial charge is 0.339 e. The molecule has 0 fully saturated rings. The van der Waals surface area contributed by atoms with Crippen molar-refractivity contribution in [2.75, 3.05) is 5.32 Å². The molecule has 0 aliphatic carbocycles. The first-order valence-electron chi connectivity index (χ1n) is 10.0. The summed E-state index contributed by atoms with van der Waals surface area (Å²) < 4.78 is 36.4. The number of hydrogen-bond acceptors (Lipinski definition) is 6. The molecule has 2 amide bonds. The van der Waals surface area contributed by atoms with Crippen LogP contribution >= 0.6 is 11.6 Å². The van der Waals surface area contributed by atoms with Crippen LogP contribution in [0.1, 0.15) is 36.9 Å². The summed E-state index contributed by atoms with van der Waals surface area (Å²) in [4.78, 5) is 25.5. The van der Waals surface area contributed by atoms with Crippen LogP contribution in [0.3, 0.4) is 0 Å². The molecule has 33 heavy (non-hydrogen) atoms. The third-order valence-corrected chi connectivity index (χ3v) is 6.13. The normalized spacial score (nSPS) is 11.3. The molecule has 0 saturated carbocycles. The summed E-state index contributed by atoms with van der Waals surface area (Å²) >= 11 is 6.14. The number of halogens is 1. The van der Waals surface area contributed by atoms with Gasteiger partial charge in [-0.1, -0.05) is 11.6 Å². The van der Waals surface area contributed by atoms with E-state index >= 15 is 0 Å². The molecule has 1 heterocycles. The molecule has 0 unspecified atom stereocenters. The number of amides is 2. The van der Waals surface area contributed by atoms with E-state index in [-0.39, 0.29) is 40.8 Å². The number of carbonyl (C=O) groups is 2. The van der Waals surface area contributed by atoms with Crippen molar-refractivity contribution in [2.45, 2.75) is 38.3 Å². The number of carbonyl (C=O) groups excluding carboxylic acids is 2. The highest BCUT2D eigenvalue weighted by Crippen LogP contribution is 2.29. The van der Waals surface area contributed by atoms with Crippen molar-refractivity contribution in [3.63, 3.8) is 0 Å². The summed E-state index contributed by atoms with van der Waals surface area (Å²) in [6.45, 7) is 5.07. The van der Waals surface area contributed by atoms with E-state index in [1.165, 1.54) is 54.5 Å². The van der Waals surface area contributed by atoms with Gasteiger partial charge in [0.15, 0.2) is 5.76 Å². The van der Waals surface area contributed by atoms with Gasteiger partial charge in [-0.15, -0.1) is 0 Å². The molecule has 0 bridgehead atoms. The number of benzene rings is 2. The molecule has 0 aliphatic rings. The zero-order valence-corrected chi connectivity index (χ0v) is 19.8. The molecular weight excluding hydrogens is 468 g/mol. The monoisotopic (exact) mass is 490 g/mol. The van der Waals surface area contributed by atoms with E-state index in [1.807, 2.05) is 13.8 Å². The number of nitrogens with zero attached hydrogens (tertiary/aromatic N) is 1. The minimum Gasteiger partial charge on any atom is -0.459 e. The van der Waals surface area contributed by atoms with Crippen molar-refractivity contribution in [3.05, 3.63) is 77.2 Å². The highest BCUT2D eigenvalue weighted by atomic mass is 35.5. The van der Waals surface area contributed by atoms with Gasteiger partial charge in [-0.05, 0) is 68.4 Å². The van der Waals surface area contributed by atoms with Crippen LogP contribution in [0.25, 0.3) is 0 Å². The van der Waals surface area contributed by atoms with Crippen LogP contribution in [0.5, 0.6) is 5.75 Å². The van der Waals surface area contributed by atoms with E-state index in [4.69, 9.17) is 20.2 Å². The number of rotatable bonds is 8. The largest absolute Gasteiger partial charge is 0.459 e. The Balaban J connectivity index is 1.88. The van der Waals surface area contributed by atoms with Crippen molar-refractivity contribution in [1.82, 2.24) is 4.90 Å². The number of nitrogens with one attached hydrogen (secondary N) is 1. The highest BCUT2D eigenvalue weighted by Gasteiger charge is 2.25. The zero-order valence-electron chi connectivity index (χ0n) is 18.2. The van der Waals surface area contributed by atoms with Crippen LogP contribution in [0, 0.1) is 0 Å². The van der Waals surface area contributed by atoms with E-state index in [0.29, 0.717) is 16.3 Å². The molecule has 0 saturated heterocycles. The third-order valence-electron chi connectivity index (χ3n) is 4.64. The maximum Gasteiger partial charge on any atom is 0.339 e. The quantitative estimate of drug-likeness (QED) is 0.458. The van der Waals surface area contributed by atoms with Gasteiger partial charge in [0, 0.05) is 29.2 Å². The maximum atomic E-state index is 12.9. The SMILES string of the molecule is CC(=O)Nc1ccc(S(=O)(=O)Oc2ccc(Cl)cc2CN(C(=O)c2ccco2)C(C)C)cc1.